The van der Waals surface area contributed by atoms with Crippen LogP contribution in [0.1, 0.15) is 34.3 Å². The van der Waals surface area contributed by atoms with Gasteiger partial charge in [0, 0.05) is 23.2 Å². The normalized spacial score (nSPS) is 14.5. The Morgan fingerprint density at radius 1 is 1.18 bits per heavy atom. The SMILES string of the molecule is COc1cc(C2(NC(=O)c3cc(OC)c(N)cc3C)CC2)c2cccnc2c1. The minimum atomic E-state index is -0.423. The predicted octanol–water partition coefficient (Wildman–Crippen LogP) is 3.56. The summed E-state index contributed by atoms with van der Waals surface area (Å²) in [5, 5.41) is 4.26. The smallest absolute Gasteiger partial charge is 0.252 e. The van der Waals surface area contributed by atoms with Crippen molar-refractivity contribution in [3.63, 3.8) is 0 Å². The Kier molecular flexibility index (Phi) is 4.34. The fourth-order valence-corrected chi connectivity index (χ4v) is 3.67. The van der Waals surface area contributed by atoms with Crippen LogP contribution in [0.2, 0.25) is 0 Å². The number of aryl methyl sites for hydroxylation is 1. The zero-order chi connectivity index (χ0) is 19.9. The van der Waals surface area contributed by atoms with E-state index in [4.69, 9.17) is 15.2 Å². The van der Waals surface area contributed by atoms with Gasteiger partial charge in [-0.05, 0) is 55.2 Å². The predicted molar refractivity (Wildman–Crippen MR) is 109 cm³/mol. The van der Waals surface area contributed by atoms with Crippen molar-refractivity contribution < 1.29 is 14.3 Å². The summed E-state index contributed by atoms with van der Waals surface area (Å²) in [7, 11) is 3.18. The number of fused-ring (bicyclic) bond motifs is 1. The summed E-state index contributed by atoms with van der Waals surface area (Å²) in [6.45, 7) is 1.87. The molecule has 1 aromatic heterocycles. The van der Waals surface area contributed by atoms with Crippen LogP contribution < -0.4 is 20.5 Å². The van der Waals surface area contributed by atoms with Gasteiger partial charge in [0.15, 0.2) is 0 Å². The zero-order valence-electron chi connectivity index (χ0n) is 16.2. The first-order valence-corrected chi connectivity index (χ1v) is 9.17. The molecule has 0 bridgehead atoms. The molecule has 1 aliphatic carbocycles. The number of pyridine rings is 1. The Morgan fingerprint density at radius 3 is 2.64 bits per heavy atom. The first kappa shape index (κ1) is 18.1. The van der Waals surface area contributed by atoms with Crippen LogP contribution in [-0.4, -0.2) is 25.1 Å². The monoisotopic (exact) mass is 377 g/mol. The van der Waals surface area contributed by atoms with Crippen LogP contribution in [0.3, 0.4) is 0 Å². The molecule has 1 heterocycles. The summed E-state index contributed by atoms with van der Waals surface area (Å²) < 4.78 is 10.7. The molecule has 1 amide bonds. The Bertz CT molecular complexity index is 1070. The van der Waals surface area contributed by atoms with E-state index in [-0.39, 0.29) is 5.91 Å². The van der Waals surface area contributed by atoms with E-state index in [2.05, 4.69) is 10.3 Å². The van der Waals surface area contributed by atoms with Gasteiger partial charge in [0.25, 0.3) is 5.91 Å². The van der Waals surface area contributed by atoms with Gasteiger partial charge < -0.3 is 20.5 Å². The number of methoxy groups -OCH3 is 2. The minimum absolute atomic E-state index is 0.145. The fourth-order valence-electron chi connectivity index (χ4n) is 3.67. The summed E-state index contributed by atoms with van der Waals surface area (Å²) in [4.78, 5) is 17.6. The molecule has 28 heavy (non-hydrogen) atoms. The zero-order valence-corrected chi connectivity index (χ0v) is 16.2. The third-order valence-corrected chi connectivity index (χ3v) is 5.37. The molecule has 3 N–H and O–H groups in total. The first-order valence-electron chi connectivity index (χ1n) is 9.17. The molecule has 1 fully saturated rings. The highest BCUT2D eigenvalue weighted by Gasteiger charge is 2.47. The van der Waals surface area contributed by atoms with Gasteiger partial charge in [-0.1, -0.05) is 6.07 Å². The van der Waals surface area contributed by atoms with Crippen LogP contribution in [0.15, 0.2) is 42.6 Å². The highest BCUT2D eigenvalue weighted by Crippen LogP contribution is 2.49. The van der Waals surface area contributed by atoms with E-state index in [9.17, 15) is 4.79 Å². The van der Waals surface area contributed by atoms with Crippen LogP contribution in [-0.2, 0) is 5.54 Å². The van der Waals surface area contributed by atoms with Gasteiger partial charge in [-0.2, -0.15) is 0 Å². The van der Waals surface area contributed by atoms with Crippen LogP contribution >= 0.6 is 0 Å². The van der Waals surface area contributed by atoms with Crippen LogP contribution in [0.4, 0.5) is 5.69 Å². The average molecular weight is 377 g/mol. The summed E-state index contributed by atoms with van der Waals surface area (Å²) >= 11 is 0. The second-order valence-corrected chi connectivity index (χ2v) is 7.19. The van der Waals surface area contributed by atoms with Gasteiger partial charge in [0.1, 0.15) is 11.5 Å². The van der Waals surface area contributed by atoms with Crippen molar-refractivity contribution in [1.82, 2.24) is 10.3 Å². The van der Waals surface area contributed by atoms with E-state index in [1.165, 1.54) is 0 Å². The molecule has 0 unspecified atom stereocenters. The molecule has 3 aromatic rings. The number of nitrogens with one attached hydrogen (secondary N) is 1. The van der Waals surface area contributed by atoms with Crippen LogP contribution in [0, 0.1) is 6.92 Å². The topological polar surface area (TPSA) is 86.5 Å². The van der Waals surface area contributed by atoms with E-state index >= 15 is 0 Å². The number of benzene rings is 2. The van der Waals surface area contributed by atoms with Gasteiger partial charge in [-0.3, -0.25) is 9.78 Å². The van der Waals surface area contributed by atoms with Gasteiger partial charge in [0.2, 0.25) is 0 Å². The van der Waals surface area contributed by atoms with E-state index in [0.29, 0.717) is 17.0 Å². The number of anilines is 1. The quantitative estimate of drug-likeness (QED) is 0.664. The molecule has 0 saturated heterocycles. The van der Waals surface area contributed by atoms with Gasteiger partial charge in [-0.15, -0.1) is 0 Å². The van der Waals surface area contributed by atoms with Crippen molar-refractivity contribution in [2.24, 2.45) is 0 Å². The molecule has 144 valence electrons. The third kappa shape index (κ3) is 3.01. The van der Waals surface area contributed by atoms with E-state index in [0.717, 1.165) is 40.6 Å². The number of aromatic nitrogens is 1. The highest BCUT2D eigenvalue weighted by molar-refractivity contribution is 5.98. The maximum absolute atomic E-state index is 13.1. The van der Waals surface area contributed by atoms with Crippen molar-refractivity contribution in [3.8, 4) is 11.5 Å². The maximum atomic E-state index is 13.1. The third-order valence-electron chi connectivity index (χ3n) is 5.37. The van der Waals surface area contributed by atoms with Gasteiger partial charge in [0.05, 0.1) is 31.0 Å². The van der Waals surface area contributed by atoms with Crippen molar-refractivity contribution in [3.05, 3.63) is 59.3 Å². The van der Waals surface area contributed by atoms with Gasteiger partial charge >= 0.3 is 0 Å². The molecule has 1 aliphatic rings. The van der Waals surface area contributed by atoms with Crippen molar-refractivity contribution in [2.75, 3.05) is 20.0 Å². The van der Waals surface area contributed by atoms with E-state index in [1.54, 1.807) is 32.5 Å². The Hall–Kier alpha value is -3.28. The largest absolute Gasteiger partial charge is 0.497 e. The summed E-state index contributed by atoms with van der Waals surface area (Å²) in [6, 6.07) is 11.3. The number of nitrogens with two attached hydrogens (primary N) is 1. The fraction of sp³-hybridized carbons (Fsp3) is 0.273. The second-order valence-electron chi connectivity index (χ2n) is 7.19. The molecule has 6 nitrogen and oxygen atoms in total. The second kappa shape index (κ2) is 6.71. The minimum Gasteiger partial charge on any atom is -0.497 e. The van der Waals surface area contributed by atoms with Crippen molar-refractivity contribution in [1.29, 1.82) is 0 Å². The van der Waals surface area contributed by atoms with Gasteiger partial charge in [-0.25, -0.2) is 0 Å². The van der Waals surface area contributed by atoms with Crippen LogP contribution in [0.5, 0.6) is 11.5 Å². The summed E-state index contributed by atoms with van der Waals surface area (Å²) in [5.74, 6) is 1.08. The highest BCUT2D eigenvalue weighted by atomic mass is 16.5. The Balaban J connectivity index is 1.73. The number of nitrogen functional groups attached to an aromatic ring is 1. The molecule has 4 rings (SSSR count). The number of carbonyl (C=O) groups is 1. The standard InChI is InChI=1S/C22H23N3O3/c1-13-9-18(23)20(28-3)12-16(13)21(26)25-22(6-7-22)17-10-14(27-2)11-19-15(17)5-4-8-24-19/h4-5,8-12H,6-7,23H2,1-3H3,(H,25,26). The summed E-state index contributed by atoms with van der Waals surface area (Å²) in [6.07, 6.45) is 3.48. The van der Waals surface area contributed by atoms with E-state index in [1.807, 2.05) is 31.2 Å². The molecular weight excluding hydrogens is 354 g/mol. The maximum Gasteiger partial charge on any atom is 0.252 e. The molecule has 2 aromatic carbocycles. The number of hydrogen-bond donors (Lipinski definition) is 2. The average Bonchev–Trinajstić information content (AvgIpc) is 3.47. The lowest BCUT2D eigenvalue weighted by molar-refractivity contribution is 0.0930. The molecule has 6 heteroatoms. The van der Waals surface area contributed by atoms with Crippen LogP contribution in [0.25, 0.3) is 10.9 Å². The molecule has 0 atom stereocenters. The number of rotatable bonds is 5. The Labute approximate surface area is 163 Å². The van der Waals surface area contributed by atoms with E-state index < -0.39 is 5.54 Å². The molecule has 0 aliphatic heterocycles. The molecule has 0 spiro atoms. The summed E-state index contributed by atoms with van der Waals surface area (Å²) in [5.41, 5.74) is 9.29. The number of ether oxygens (including phenoxy) is 2. The molecule has 1 saturated carbocycles. The molecule has 0 radical (unpaired) electrons. The van der Waals surface area contributed by atoms with Crippen molar-refractivity contribution >= 4 is 22.5 Å². The Morgan fingerprint density at radius 2 is 1.96 bits per heavy atom. The lowest BCUT2D eigenvalue weighted by Gasteiger charge is -2.22. The lowest BCUT2D eigenvalue weighted by Crippen LogP contribution is -2.35. The first-order chi connectivity index (χ1) is 13.5. The molecular formula is C22H23N3O3. The number of amides is 1. The lowest BCUT2D eigenvalue weighted by atomic mass is 9.97. The number of nitrogens with zero attached hydrogens (tertiary/aromatic N) is 1. The number of carbonyl (C=O) groups excluding carboxylic acids is 1. The van der Waals surface area contributed by atoms with Crippen molar-refractivity contribution in [2.45, 2.75) is 25.3 Å². The number of hydrogen-bond acceptors (Lipinski definition) is 5.